The third-order valence-electron chi connectivity index (χ3n) is 2.97. The van der Waals surface area contributed by atoms with Crippen molar-refractivity contribution < 1.29 is 14.6 Å². The lowest BCUT2D eigenvalue weighted by Crippen LogP contribution is -2.37. The fourth-order valence-electron chi connectivity index (χ4n) is 1.85. The van der Waals surface area contributed by atoms with Crippen molar-refractivity contribution in [1.29, 1.82) is 0 Å². The van der Waals surface area contributed by atoms with Crippen LogP contribution in [-0.4, -0.2) is 36.6 Å². The second kappa shape index (κ2) is 5.95. The molecule has 0 unspecified atom stereocenters. The standard InChI is InChI=1S/C15H23NO3/c1-15(2,3)14(18)16(4)9-8-11-6-7-12(17)13(10-11)19-5/h6-7,10,17H,8-9H2,1-5H3. The largest absolute Gasteiger partial charge is 0.504 e. The lowest BCUT2D eigenvalue weighted by Gasteiger charge is -2.26. The molecule has 0 aliphatic carbocycles. The Balaban J connectivity index is 2.65. The van der Waals surface area contributed by atoms with E-state index in [2.05, 4.69) is 0 Å². The third kappa shape index (κ3) is 4.16. The lowest BCUT2D eigenvalue weighted by molar-refractivity contribution is -0.138. The van der Waals surface area contributed by atoms with Gasteiger partial charge >= 0.3 is 0 Å². The Bertz CT molecular complexity index is 449. The summed E-state index contributed by atoms with van der Waals surface area (Å²) in [6.07, 6.45) is 0.731. The van der Waals surface area contributed by atoms with Gasteiger partial charge < -0.3 is 14.7 Å². The van der Waals surface area contributed by atoms with Gasteiger partial charge in [0.1, 0.15) is 0 Å². The maximum Gasteiger partial charge on any atom is 0.227 e. The molecule has 0 saturated carbocycles. The molecule has 4 heteroatoms. The summed E-state index contributed by atoms with van der Waals surface area (Å²) in [7, 11) is 3.33. The van der Waals surface area contributed by atoms with Crippen molar-refractivity contribution in [3.8, 4) is 11.5 Å². The van der Waals surface area contributed by atoms with E-state index >= 15 is 0 Å². The van der Waals surface area contributed by atoms with Crippen LogP contribution < -0.4 is 4.74 Å². The van der Waals surface area contributed by atoms with Crippen LogP contribution in [0.25, 0.3) is 0 Å². The van der Waals surface area contributed by atoms with Gasteiger partial charge in [0.25, 0.3) is 0 Å². The highest BCUT2D eigenvalue weighted by molar-refractivity contribution is 5.81. The second-order valence-corrected chi connectivity index (χ2v) is 5.73. The summed E-state index contributed by atoms with van der Waals surface area (Å²) in [6, 6.07) is 5.25. The van der Waals surface area contributed by atoms with Crippen LogP contribution in [0, 0.1) is 5.41 Å². The molecule has 0 aliphatic heterocycles. The zero-order valence-electron chi connectivity index (χ0n) is 12.4. The first-order chi connectivity index (χ1) is 8.75. The molecule has 4 nitrogen and oxygen atoms in total. The Morgan fingerprint density at radius 3 is 2.53 bits per heavy atom. The number of methoxy groups -OCH3 is 1. The highest BCUT2D eigenvalue weighted by atomic mass is 16.5. The molecule has 1 aromatic carbocycles. The average Bonchev–Trinajstić information content (AvgIpc) is 2.35. The van der Waals surface area contributed by atoms with E-state index in [0.29, 0.717) is 12.3 Å². The van der Waals surface area contributed by atoms with Gasteiger partial charge in [0.2, 0.25) is 5.91 Å². The van der Waals surface area contributed by atoms with Crippen molar-refractivity contribution in [3.63, 3.8) is 0 Å². The highest BCUT2D eigenvalue weighted by Gasteiger charge is 2.24. The van der Waals surface area contributed by atoms with E-state index in [1.165, 1.54) is 7.11 Å². The van der Waals surface area contributed by atoms with E-state index in [9.17, 15) is 9.90 Å². The molecule has 0 heterocycles. The van der Waals surface area contributed by atoms with Gasteiger partial charge in [-0.2, -0.15) is 0 Å². The lowest BCUT2D eigenvalue weighted by atomic mass is 9.95. The van der Waals surface area contributed by atoms with E-state index in [1.807, 2.05) is 33.9 Å². The molecule has 0 atom stereocenters. The minimum Gasteiger partial charge on any atom is -0.504 e. The minimum absolute atomic E-state index is 0.123. The van der Waals surface area contributed by atoms with Crippen LogP contribution in [0.3, 0.4) is 0 Å². The van der Waals surface area contributed by atoms with Crippen LogP contribution in [0.5, 0.6) is 11.5 Å². The minimum atomic E-state index is -0.360. The number of carbonyl (C=O) groups excluding carboxylic acids is 1. The molecule has 1 amide bonds. The predicted octanol–water partition coefficient (Wildman–Crippen LogP) is 2.45. The van der Waals surface area contributed by atoms with Crippen LogP contribution in [0.4, 0.5) is 0 Å². The van der Waals surface area contributed by atoms with Gasteiger partial charge in [0.15, 0.2) is 11.5 Å². The van der Waals surface area contributed by atoms with Crippen molar-refractivity contribution in [2.24, 2.45) is 5.41 Å². The van der Waals surface area contributed by atoms with E-state index in [4.69, 9.17) is 4.74 Å². The van der Waals surface area contributed by atoms with Gasteiger partial charge in [-0.05, 0) is 24.1 Å². The number of ether oxygens (including phenoxy) is 1. The Labute approximate surface area is 115 Å². The molecule has 0 bridgehead atoms. The Hall–Kier alpha value is -1.71. The Kier molecular flexibility index (Phi) is 4.81. The van der Waals surface area contributed by atoms with Gasteiger partial charge in [0, 0.05) is 19.0 Å². The van der Waals surface area contributed by atoms with Gasteiger partial charge in [-0.25, -0.2) is 0 Å². The summed E-state index contributed by atoms with van der Waals surface area (Å²) in [5.74, 6) is 0.714. The molecule has 1 aromatic rings. The summed E-state index contributed by atoms with van der Waals surface area (Å²) < 4.78 is 5.06. The normalized spacial score (nSPS) is 11.2. The van der Waals surface area contributed by atoms with Crippen LogP contribution in [-0.2, 0) is 11.2 Å². The summed E-state index contributed by atoms with van der Waals surface area (Å²) in [4.78, 5) is 13.8. The predicted molar refractivity (Wildman–Crippen MR) is 75.5 cm³/mol. The molecule has 106 valence electrons. The van der Waals surface area contributed by atoms with Crippen LogP contribution in [0.15, 0.2) is 18.2 Å². The topological polar surface area (TPSA) is 49.8 Å². The van der Waals surface area contributed by atoms with Crippen LogP contribution in [0.2, 0.25) is 0 Å². The first-order valence-corrected chi connectivity index (χ1v) is 6.37. The maximum absolute atomic E-state index is 12.0. The molecule has 0 saturated heterocycles. The number of rotatable bonds is 4. The number of hydrogen-bond donors (Lipinski definition) is 1. The fourth-order valence-corrected chi connectivity index (χ4v) is 1.85. The Morgan fingerprint density at radius 1 is 1.37 bits per heavy atom. The third-order valence-corrected chi connectivity index (χ3v) is 2.97. The first-order valence-electron chi connectivity index (χ1n) is 6.37. The van der Waals surface area contributed by atoms with E-state index in [-0.39, 0.29) is 17.1 Å². The number of hydrogen-bond acceptors (Lipinski definition) is 3. The summed E-state index contributed by atoms with van der Waals surface area (Å²) in [5, 5.41) is 9.52. The number of aromatic hydroxyl groups is 1. The molecule has 1 rings (SSSR count). The first kappa shape index (κ1) is 15.3. The van der Waals surface area contributed by atoms with E-state index in [1.54, 1.807) is 17.0 Å². The summed E-state index contributed by atoms with van der Waals surface area (Å²) in [6.45, 7) is 6.38. The molecule has 0 aliphatic rings. The van der Waals surface area contributed by atoms with Gasteiger partial charge in [-0.1, -0.05) is 26.8 Å². The zero-order valence-corrected chi connectivity index (χ0v) is 12.4. The second-order valence-electron chi connectivity index (χ2n) is 5.73. The van der Waals surface area contributed by atoms with Gasteiger partial charge in [0.05, 0.1) is 7.11 Å². The molecule has 0 radical (unpaired) electrons. The summed E-state index contributed by atoms with van der Waals surface area (Å²) >= 11 is 0. The van der Waals surface area contributed by atoms with E-state index < -0.39 is 0 Å². The van der Waals surface area contributed by atoms with E-state index in [0.717, 1.165) is 12.0 Å². The Morgan fingerprint density at radius 2 is 2.00 bits per heavy atom. The van der Waals surface area contributed by atoms with Crippen molar-refractivity contribution >= 4 is 5.91 Å². The molecule has 0 spiro atoms. The van der Waals surface area contributed by atoms with Crippen molar-refractivity contribution in [2.45, 2.75) is 27.2 Å². The number of phenolic OH excluding ortho intramolecular Hbond substituents is 1. The van der Waals surface area contributed by atoms with Crippen molar-refractivity contribution in [3.05, 3.63) is 23.8 Å². The van der Waals surface area contributed by atoms with Crippen molar-refractivity contribution in [2.75, 3.05) is 20.7 Å². The number of amides is 1. The highest BCUT2D eigenvalue weighted by Crippen LogP contribution is 2.26. The number of benzene rings is 1. The van der Waals surface area contributed by atoms with Gasteiger partial charge in [-0.15, -0.1) is 0 Å². The maximum atomic E-state index is 12.0. The van der Waals surface area contributed by atoms with Crippen molar-refractivity contribution in [1.82, 2.24) is 4.90 Å². The molecule has 1 N–H and O–H groups in total. The molecule has 0 aromatic heterocycles. The summed E-state index contributed by atoms with van der Waals surface area (Å²) in [5.41, 5.74) is 0.671. The smallest absolute Gasteiger partial charge is 0.227 e. The van der Waals surface area contributed by atoms with Gasteiger partial charge in [-0.3, -0.25) is 4.79 Å². The quantitative estimate of drug-likeness (QED) is 0.909. The number of nitrogens with zero attached hydrogens (tertiary/aromatic N) is 1. The SMILES string of the molecule is COc1cc(CCN(C)C(=O)C(C)(C)C)ccc1O. The molecular formula is C15H23NO3. The van der Waals surface area contributed by atoms with Crippen LogP contribution >= 0.6 is 0 Å². The fraction of sp³-hybridized carbons (Fsp3) is 0.533. The molecular weight excluding hydrogens is 242 g/mol. The monoisotopic (exact) mass is 265 g/mol. The number of carbonyl (C=O) groups is 1. The molecule has 0 fully saturated rings. The molecule has 19 heavy (non-hydrogen) atoms. The number of likely N-dealkylation sites (N-methyl/N-ethyl adjacent to an activating group) is 1. The zero-order chi connectivity index (χ0) is 14.6. The number of phenols is 1. The average molecular weight is 265 g/mol. The van der Waals surface area contributed by atoms with Crippen LogP contribution in [0.1, 0.15) is 26.3 Å².